The minimum absolute atomic E-state index is 0.0252. The van der Waals surface area contributed by atoms with Gasteiger partial charge in [0.1, 0.15) is 4.88 Å². The zero-order valence-corrected chi connectivity index (χ0v) is 12.5. The molecule has 1 aliphatic heterocycles. The lowest BCUT2D eigenvalue weighted by Gasteiger charge is -2.14. The van der Waals surface area contributed by atoms with E-state index in [4.69, 9.17) is 5.73 Å². The number of nitrogens with zero attached hydrogens (tertiary/aromatic N) is 1. The molecule has 0 unspecified atom stereocenters. The Balaban J connectivity index is 1.75. The van der Waals surface area contributed by atoms with E-state index >= 15 is 0 Å². The van der Waals surface area contributed by atoms with Gasteiger partial charge in [-0.2, -0.15) is 0 Å². The maximum atomic E-state index is 12.1. The highest BCUT2D eigenvalue weighted by Gasteiger charge is 2.13. The van der Waals surface area contributed by atoms with Gasteiger partial charge in [-0.1, -0.05) is 11.8 Å². The smallest absolute Gasteiger partial charge is 0.262 e. The summed E-state index contributed by atoms with van der Waals surface area (Å²) < 4.78 is 0. The van der Waals surface area contributed by atoms with Crippen LogP contribution in [0.4, 0.5) is 0 Å². The summed E-state index contributed by atoms with van der Waals surface area (Å²) in [6.07, 6.45) is 3.62. The molecule has 1 aromatic heterocycles. The second-order valence-electron chi connectivity index (χ2n) is 4.83. The van der Waals surface area contributed by atoms with E-state index in [0.717, 1.165) is 25.1 Å². The van der Waals surface area contributed by atoms with Gasteiger partial charge in [0, 0.05) is 12.1 Å². The minimum atomic E-state index is -0.0252. The van der Waals surface area contributed by atoms with Crippen LogP contribution in [0.25, 0.3) is 0 Å². The summed E-state index contributed by atoms with van der Waals surface area (Å²) >= 11 is 1.43. The number of nitrogens with one attached hydrogen (secondary N) is 1. The largest absolute Gasteiger partial charge is 0.351 e. The monoisotopic (exact) mass is 291 g/mol. The summed E-state index contributed by atoms with van der Waals surface area (Å²) in [7, 11) is 0. The summed E-state index contributed by atoms with van der Waals surface area (Å²) in [5.74, 6) is 5.70. The fourth-order valence-corrected chi connectivity index (χ4v) is 3.09. The summed E-state index contributed by atoms with van der Waals surface area (Å²) in [4.78, 5) is 15.2. The highest BCUT2D eigenvalue weighted by molar-refractivity contribution is 7.12. The SMILES string of the molecule is NCC#Cc1ccsc1C(=O)NCCCN1CCCC1. The Bertz CT molecular complexity index is 495. The number of nitrogens with two attached hydrogens (primary N) is 1. The van der Waals surface area contributed by atoms with Crippen molar-refractivity contribution in [3.63, 3.8) is 0 Å². The van der Waals surface area contributed by atoms with Crippen LogP contribution in [-0.4, -0.2) is 43.5 Å². The molecular formula is C15H21N3OS. The summed E-state index contributed by atoms with van der Waals surface area (Å²) in [6, 6.07) is 1.87. The minimum Gasteiger partial charge on any atom is -0.351 e. The first-order chi connectivity index (χ1) is 9.81. The molecule has 2 heterocycles. The first kappa shape index (κ1) is 15.0. The fraction of sp³-hybridized carbons (Fsp3) is 0.533. The second-order valence-corrected chi connectivity index (χ2v) is 5.74. The van der Waals surface area contributed by atoms with Gasteiger partial charge < -0.3 is 16.0 Å². The van der Waals surface area contributed by atoms with Crippen molar-refractivity contribution < 1.29 is 4.79 Å². The first-order valence-electron chi connectivity index (χ1n) is 7.08. The van der Waals surface area contributed by atoms with Crippen molar-refractivity contribution in [2.24, 2.45) is 5.73 Å². The molecule has 0 radical (unpaired) electrons. The Morgan fingerprint density at radius 1 is 1.45 bits per heavy atom. The molecule has 1 aromatic rings. The van der Waals surface area contributed by atoms with Crippen molar-refractivity contribution in [2.45, 2.75) is 19.3 Å². The highest BCUT2D eigenvalue weighted by atomic mass is 32.1. The van der Waals surface area contributed by atoms with Gasteiger partial charge in [0.2, 0.25) is 0 Å². The van der Waals surface area contributed by atoms with Gasteiger partial charge in [0.05, 0.1) is 6.54 Å². The average molecular weight is 291 g/mol. The molecule has 5 heteroatoms. The number of hydrogen-bond acceptors (Lipinski definition) is 4. The van der Waals surface area contributed by atoms with Crippen LogP contribution in [0, 0.1) is 11.8 Å². The van der Waals surface area contributed by atoms with E-state index in [1.807, 2.05) is 11.4 Å². The van der Waals surface area contributed by atoms with Crippen molar-refractivity contribution >= 4 is 17.2 Å². The van der Waals surface area contributed by atoms with E-state index in [0.29, 0.717) is 11.4 Å². The molecule has 1 saturated heterocycles. The zero-order chi connectivity index (χ0) is 14.2. The quantitative estimate of drug-likeness (QED) is 0.634. The molecule has 0 spiro atoms. The topological polar surface area (TPSA) is 58.4 Å². The lowest BCUT2D eigenvalue weighted by atomic mass is 10.2. The molecule has 1 fully saturated rings. The second kappa shape index (κ2) is 8.05. The summed E-state index contributed by atoms with van der Waals surface area (Å²) in [5, 5.41) is 4.86. The third kappa shape index (κ3) is 4.34. The molecule has 0 bridgehead atoms. The van der Waals surface area contributed by atoms with Crippen molar-refractivity contribution in [2.75, 3.05) is 32.7 Å². The van der Waals surface area contributed by atoms with Crippen molar-refractivity contribution in [3.05, 3.63) is 21.9 Å². The molecule has 0 aliphatic carbocycles. The standard InChI is InChI=1S/C15H21N3OS/c16-7-3-5-13-6-12-20-14(13)15(19)17-8-4-11-18-9-1-2-10-18/h6,12H,1-2,4,7-11,16H2,(H,17,19). The zero-order valence-electron chi connectivity index (χ0n) is 11.7. The third-order valence-corrected chi connectivity index (χ3v) is 4.25. The molecule has 1 amide bonds. The van der Waals surface area contributed by atoms with Crippen LogP contribution < -0.4 is 11.1 Å². The Labute approximate surface area is 124 Å². The molecule has 0 aromatic carbocycles. The highest BCUT2D eigenvalue weighted by Crippen LogP contribution is 2.15. The van der Waals surface area contributed by atoms with Crippen LogP contribution in [0.15, 0.2) is 11.4 Å². The maximum Gasteiger partial charge on any atom is 0.262 e. The molecular weight excluding hydrogens is 270 g/mol. The van der Waals surface area contributed by atoms with Crippen LogP contribution >= 0.6 is 11.3 Å². The number of hydrogen-bond donors (Lipinski definition) is 2. The van der Waals surface area contributed by atoms with Crippen molar-refractivity contribution in [1.29, 1.82) is 0 Å². The van der Waals surface area contributed by atoms with Crippen molar-refractivity contribution in [1.82, 2.24) is 10.2 Å². The van der Waals surface area contributed by atoms with E-state index < -0.39 is 0 Å². The number of carbonyl (C=O) groups is 1. The summed E-state index contributed by atoms with van der Waals surface area (Å²) in [6.45, 7) is 4.52. The molecule has 2 rings (SSSR count). The molecule has 0 saturated carbocycles. The van der Waals surface area contributed by atoms with Gasteiger partial charge in [0.15, 0.2) is 0 Å². The molecule has 108 valence electrons. The predicted molar refractivity (Wildman–Crippen MR) is 82.9 cm³/mol. The van der Waals surface area contributed by atoms with Gasteiger partial charge in [-0.05, 0) is 50.3 Å². The molecule has 4 nitrogen and oxygen atoms in total. The van der Waals surface area contributed by atoms with E-state index in [2.05, 4.69) is 22.1 Å². The Kier molecular flexibility index (Phi) is 6.06. The number of thiophene rings is 1. The predicted octanol–water partition coefficient (Wildman–Crippen LogP) is 1.27. The van der Waals surface area contributed by atoms with Crippen LogP contribution in [0.1, 0.15) is 34.5 Å². The van der Waals surface area contributed by atoms with Crippen molar-refractivity contribution in [3.8, 4) is 11.8 Å². The number of likely N-dealkylation sites (tertiary alicyclic amines) is 1. The first-order valence-corrected chi connectivity index (χ1v) is 7.96. The third-order valence-electron chi connectivity index (χ3n) is 3.33. The van der Waals surface area contributed by atoms with Gasteiger partial charge in [0.25, 0.3) is 5.91 Å². The molecule has 20 heavy (non-hydrogen) atoms. The molecule has 3 N–H and O–H groups in total. The van der Waals surface area contributed by atoms with Gasteiger partial charge in [-0.15, -0.1) is 11.3 Å². The maximum absolute atomic E-state index is 12.1. The van der Waals surface area contributed by atoms with E-state index in [9.17, 15) is 4.79 Å². The Morgan fingerprint density at radius 2 is 2.25 bits per heavy atom. The van der Waals surface area contributed by atoms with E-state index in [1.54, 1.807) is 0 Å². The van der Waals surface area contributed by atoms with Gasteiger partial charge >= 0.3 is 0 Å². The Hall–Kier alpha value is -1.35. The van der Waals surface area contributed by atoms with Crippen LogP contribution in [0.3, 0.4) is 0 Å². The normalized spacial score (nSPS) is 14.8. The lowest BCUT2D eigenvalue weighted by Crippen LogP contribution is -2.28. The number of carbonyl (C=O) groups excluding carboxylic acids is 1. The molecule has 1 aliphatic rings. The van der Waals surface area contributed by atoms with Gasteiger partial charge in [-0.3, -0.25) is 4.79 Å². The Morgan fingerprint density at radius 3 is 3.00 bits per heavy atom. The van der Waals surface area contributed by atoms with Gasteiger partial charge in [-0.25, -0.2) is 0 Å². The number of rotatable bonds is 5. The average Bonchev–Trinajstić information content (AvgIpc) is 3.12. The fourth-order valence-electron chi connectivity index (χ4n) is 2.32. The molecule has 0 atom stereocenters. The number of amides is 1. The van der Waals surface area contributed by atoms with E-state index in [-0.39, 0.29) is 5.91 Å². The summed E-state index contributed by atoms with van der Waals surface area (Å²) in [5.41, 5.74) is 6.13. The lowest BCUT2D eigenvalue weighted by molar-refractivity contribution is 0.0956. The van der Waals surface area contributed by atoms with Crippen LogP contribution in [0.5, 0.6) is 0 Å². The van der Waals surface area contributed by atoms with Crippen LogP contribution in [0.2, 0.25) is 0 Å². The van der Waals surface area contributed by atoms with E-state index in [1.165, 1.54) is 37.3 Å². The van der Waals surface area contributed by atoms with Crippen LogP contribution in [-0.2, 0) is 0 Å².